The average molecular weight is 367 g/mol. The molecule has 0 spiro atoms. The van der Waals surface area contributed by atoms with Crippen LogP contribution in [0.2, 0.25) is 0 Å². The van der Waals surface area contributed by atoms with Crippen LogP contribution in [0.15, 0.2) is 23.1 Å². The molecule has 0 saturated carbocycles. The zero-order valence-corrected chi connectivity index (χ0v) is 16.4. The molecule has 0 atom stereocenters. The van der Waals surface area contributed by atoms with Crippen LogP contribution >= 0.6 is 11.3 Å². The van der Waals surface area contributed by atoms with E-state index in [4.69, 9.17) is 0 Å². The van der Waals surface area contributed by atoms with Crippen molar-refractivity contribution in [2.45, 2.75) is 32.6 Å². The predicted molar refractivity (Wildman–Crippen MR) is 98.5 cm³/mol. The second-order valence-corrected chi connectivity index (χ2v) is 9.59. The molecule has 0 aliphatic heterocycles. The first-order valence-electron chi connectivity index (χ1n) is 7.46. The molecule has 1 N–H and O–H groups in total. The van der Waals surface area contributed by atoms with Gasteiger partial charge in [0.2, 0.25) is 10.0 Å². The van der Waals surface area contributed by atoms with Crippen molar-refractivity contribution in [3.63, 3.8) is 0 Å². The van der Waals surface area contributed by atoms with Gasteiger partial charge in [0, 0.05) is 29.5 Å². The van der Waals surface area contributed by atoms with E-state index in [2.05, 4.69) is 5.32 Å². The number of nitrogens with one attached hydrogen (secondary N) is 1. The van der Waals surface area contributed by atoms with Crippen LogP contribution in [0.3, 0.4) is 0 Å². The van der Waals surface area contributed by atoms with Crippen LogP contribution in [0.1, 0.15) is 31.2 Å². The summed E-state index contributed by atoms with van der Waals surface area (Å²) in [6, 6.07) is 4.99. The maximum atomic E-state index is 12.5. The molecule has 0 saturated heterocycles. The third kappa shape index (κ3) is 3.53. The fourth-order valence-corrected chi connectivity index (χ4v) is 4.30. The summed E-state index contributed by atoms with van der Waals surface area (Å²) < 4.78 is 25.9. The highest BCUT2D eigenvalue weighted by atomic mass is 32.2. The number of aryl methyl sites for hydroxylation is 3. The van der Waals surface area contributed by atoms with E-state index < -0.39 is 10.0 Å². The molecule has 2 rings (SSSR count). The highest BCUT2D eigenvalue weighted by molar-refractivity contribution is 7.89. The Morgan fingerprint density at radius 3 is 2.21 bits per heavy atom. The number of hydrogen-bond acceptors (Lipinski definition) is 4. The number of rotatable bonds is 4. The quantitative estimate of drug-likeness (QED) is 0.901. The number of hydrogen-bond donors (Lipinski definition) is 1. The summed E-state index contributed by atoms with van der Waals surface area (Å²) in [5.74, 6) is -0.223. The standard InChI is InChI=1S/C17H22N2O3S2/c1-10-7-14(24(21,22)19(5)6)9-16(12(10)3)18-17(20)15-8-11(2)23-13(15)4/h7-9H,1-6H3,(H,18,20). The van der Waals surface area contributed by atoms with Gasteiger partial charge in [-0.25, -0.2) is 12.7 Å². The van der Waals surface area contributed by atoms with Crippen molar-refractivity contribution >= 4 is 33.0 Å². The van der Waals surface area contributed by atoms with Crippen molar-refractivity contribution < 1.29 is 13.2 Å². The Morgan fingerprint density at radius 1 is 1.08 bits per heavy atom. The van der Waals surface area contributed by atoms with Gasteiger partial charge in [0.05, 0.1) is 10.5 Å². The second-order valence-electron chi connectivity index (χ2n) is 5.98. The molecule has 1 amide bonds. The lowest BCUT2D eigenvalue weighted by atomic mass is 10.1. The van der Waals surface area contributed by atoms with E-state index in [1.54, 1.807) is 17.4 Å². The third-order valence-corrected chi connectivity index (χ3v) is 6.71. The van der Waals surface area contributed by atoms with Crippen LogP contribution in [0.25, 0.3) is 0 Å². The highest BCUT2D eigenvalue weighted by Crippen LogP contribution is 2.27. The number of anilines is 1. The highest BCUT2D eigenvalue weighted by Gasteiger charge is 2.21. The Labute approximate surface area is 147 Å². The molecule has 0 aliphatic rings. The molecule has 130 valence electrons. The van der Waals surface area contributed by atoms with Crippen molar-refractivity contribution in [2.24, 2.45) is 0 Å². The maximum absolute atomic E-state index is 12.5. The average Bonchev–Trinajstić information content (AvgIpc) is 2.82. The van der Waals surface area contributed by atoms with Crippen molar-refractivity contribution in [3.05, 3.63) is 44.6 Å². The number of sulfonamides is 1. The lowest BCUT2D eigenvalue weighted by Gasteiger charge is -2.16. The van der Waals surface area contributed by atoms with Crippen molar-refractivity contribution in [1.29, 1.82) is 0 Å². The lowest BCUT2D eigenvalue weighted by molar-refractivity contribution is 0.102. The van der Waals surface area contributed by atoms with E-state index in [9.17, 15) is 13.2 Å². The normalized spacial score (nSPS) is 11.8. The minimum Gasteiger partial charge on any atom is -0.322 e. The molecule has 0 radical (unpaired) electrons. The molecule has 2 aromatic rings. The van der Waals surface area contributed by atoms with Gasteiger partial charge in [-0.3, -0.25) is 4.79 Å². The van der Waals surface area contributed by atoms with Crippen LogP contribution < -0.4 is 5.32 Å². The fourth-order valence-electron chi connectivity index (χ4n) is 2.36. The SMILES string of the molecule is Cc1cc(C(=O)Nc2cc(S(=O)(=O)N(C)C)cc(C)c2C)c(C)s1. The van der Waals surface area contributed by atoms with Crippen LogP contribution in [0, 0.1) is 27.7 Å². The van der Waals surface area contributed by atoms with E-state index in [0.717, 1.165) is 25.2 Å². The van der Waals surface area contributed by atoms with E-state index in [1.807, 2.05) is 33.8 Å². The Hall–Kier alpha value is -1.70. The molecule has 1 heterocycles. The zero-order chi connectivity index (χ0) is 18.2. The van der Waals surface area contributed by atoms with Crippen LogP contribution in [-0.4, -0.2) is 32.7 Å². The van der Waals surface area contributed by atoms with Gasteiger partial charge < -0.3 is 5.32 Å². The van der Waals surface area contributed by atoms with E-state index in [1.165, 1.54) is 20.2 Å². The van der Waals surface area contributed by atoms with Gasteiger partial charge in [-0.2, -0.15) is 0 Å². The van der Waals surface area contributed by atoms with Gasteiger partial charge in [0.15, 0.2) is 0 Å². The maximum Gasteiger partial charge on any atom is 0.256 e. The monoisotopic (exact) mass is 366 g/mol. The van der Waals surface area contributed by atoms with Crippen molar-refractivity contribution in [2.75, 3.05) is 19.4 Å². The molecular formula is C17H22N2O3S2. The van der Waals surface area contributed by atoms with Crippen molar-refractivity contribution in [1.82, 2.24) is 4.31 Å². The molecule has 24 heavy (non-hydrogen) atoms. The lowest BCUT2D eigenvalue weighted by Crippen LogP contribution is -2.23. The summed E-state index contributed by atoms with van der Waals surface area (Å²) in [5.41, 5.74) is 2.80. The molecule has 7 heteroatoms. The van der Waals surface area contributed by atoms with Crippen molar-refractivity contribution in [3.8, 4) is 0 Å². The fraction of sp³-hybridized carbons (Fsp3) is 0.353. The summed E-state index contributed by atoms with van der Waals surface area (Å²) >= 11 is 1.56. The van der Waals surface area contributed by atoms with Gasteiger partial charge in [-0.15, -0.1) is 11.3 Å². The second kappa shape index (κ2) is 6.66. The van der Waals surface area contributed by atoms with Crippen LogP contribution in [-0.2, 0) is 10.0 Å². The summed E-state index contributed by atoms with van der Waals surface area (Å²) in [7, 11) is -0.586. The van der Waals surface area contributed by atoms with Crippen LogP contribution in [0.5, 0.6) is 0 Å². The topological polar surface area (TPSA) is 66.5 Å². The number of amides is 1. The van der Waals surface area contributed by atoms with Crippen LogP contribution in [0.4, 0.5) is 5.69 Å². The number of thiophene rings is 1. The summed E-state index contributed by atoms with van der Waals surface area (Å²) in [6.07, 6.45) is 0. The molecule has 0 bridgehead atoms. The first kappa shape index (κ1) is 18.6. The van der Waals surface area contributed by atoms with E-state index in [0.29, 0.717) is 11.3 Å². The predicted octanol–water partition coefficient (Wildman–Crippen LogP) is 3.48. The Bertz CT molecular complexity index is 897. The van der Waals surface area contributed by atoms with Gasteiger partial charge in [0.1, 0.15) is 0 Å². The smallest absolute Gasteiger partial charge is 0.256 e. The number of benzene rings is 1. The van der Waals surface area contributed by atoms with E-state index in [-0.39, 0.29) is 10.8 Å². The molecule has 1 aromatic carbocycles. The Morgan fingerprint density at radius 2 is 1.71 bits per heavy atom. The molecule has 1 aromatic heterocycles. The van der Waals surface area contributed by atoms with Gasteiger partial charge in [-0.05, 0) is 57.0 Å². The Kier molecular flexibility index (Phi) is 5.17. The van der Waals surface area contributed by atoms with Gasteiger partial charge >= 0.3 is 0 Å². The molecular weight excluding hydrogens is 344 g/mol. The Balaban J connectivity index is 2.46. The number of carbonyl (C=O) groups excluding carboxylic acids is 1. The summed E-state index contributed by atoms with van der Waals surface area (Å²) in [4.78, 5) is 14.7. The first-order valence-corrected chi connectivity index (χ1v) is 9.72. The van der Waals surface area contributed by atoms with Gasteiger partial charge in [-0.1, -0.05) is 0 Å². The largest absolute Gasteiger partial charge is 0.322 e. The third-order valence-electron chi connectivity index (χ3n) is 3.95. The molecule has 0 fully saturated rings. The van der Waals surface area contributed by atoms with E-state index >= 15 is 0 Å². The summed E-state index contributed by atoms with van der Waals surface area (Å²) in [6.45, 7) is 7.55. The molecule has 5 nitrogen and oxygen atoms in total. The van der Waals surface area contributed by atoms with Gasteiger partial charge in [0.25, 0.3) is 5.91 Å². The minimum atomic E-state index is -3.56. The summed E-state index contributed by atoms with van der Waals surface area (Å²) in [5, 5.41) is 2.86. The molecule has 0 aliphatic carbocycles. The first-order chi connectivity index (χ1) is 11.0. The zero-order valence-electron chi connectivity index (χ0n) is 14.7. The number of carbonyl (C=O) groups is 1. The minimum absolute atomic E-state index is 0.170. The number of nitrogens with zero attached hydrogens (tertiary/aromatic N) is 1. The molecule has 0 unspecified atom stereocenters.